The highest BCUT2D eigenvalue weighted by atomic mass is 32.1. The van der Waals surface area contributed by atoms with Gasteiger partial charge in [-0.1, -0.05) is 0 Å². The first kappa shape index (κ1) is 17.7. The van der Waals surface area contributed by atoms with Gasteiger partial charge in [0.15, 0.2) is 5.82 Å². The van der Waals surface area contributed by atoms with Gasteiger partial charge in [0, 0.05) is 35.6 Å². The van der Waals surface area contributed by atoms with Crippen molar-refractivity contribution in [3.05, 3.63) is 61.8 Å². The van der Waals surface area contributed by atoms with Gasteiger partial charge in [0.2, 0.25) is 0 Å². The van der Waals surface area contributed by atoms with Crippen LogP contribution in [0.1, 0.15) is 25.9 Å². The number of carbonyl (C=O) groups excluding carboxylic acids is 1. The van der Waals surface area contributed by atoms with Crippen LogP contribution in [-0.2, 0) is 6.54 Å². The zero-order valence-electron chi connectivity index (χ0n) is 15.5. The van der Waals surface area contributed by atoms with Crippen LogP contribution in [0.25, 0.3) is 5.82 Å². The third kappa shape index (κ3) is 3.44. The first-order valence-electron chi connectivity index (χ1n) is 8.88. The lowest BCUT2D eigenvalue weighted by molar-refractivity contribution is 0.0463. The number of nitrogens with zero attached hydrogens (tertiary/aromatic N) is 5. The molecule has 1 aliphatic rings. The van der Waals surface area contributed by atoms with Crippen LogP contribution in [0.15, 0.2) is 35.1 Å². The molecule has 0 saturated carbocycles. The van der Waals surface area contributed by atoms with E-state index in [2.05, 4.69) is 10.2 Å². The molecule has 4 rings (SSSR count). The summed E-state index contributed by atoms with van der Waals surface area (Å²) in [6, 6.07) is 9.02. The number of rotatable bonds is 4. The number of amides is 1. The maximum atomic E-state index is 12.4. The van der Waals surface area contributed by atoms with E-state index in [4.69, 9.17) is 0 Å². The Morgan fingerprint density at radius 2 is 1.93 bits per heavy atom. The molecule has 140 valence electrons. The molecule has 4 heterocycles. The molecule has 0 aliphatic carbocycles. The minimum absolute atomic E-state index is 0.0704. The topological polar surface area (TPSA) is 73.0 Å². The molecule has 3 aromatic rings. The fourth-order valence-corrected chi connectivity index (χ4v) is 4.18. The third-order valence-electron chi connectivity index (χ3n) is 4.71. The molecular weight excluding hydrogens is 362 g/mol. The molecule has 1 fully saturated rings. The van der Waals surface area contributed by atoms with E-state index >= 15 is 0 Å². The van der Waals surface area contributed by atoms with Gasteiger partial charge < -0.3 is 4.90 Å². The molecule has 0 unspecified atom stereocenters. The van der Waals surface area contributed by atoms with Crippen LogP contribution in [0.2, 0.25) is 0 Å². The lowest BCUT2D eigenvalue weighted by Crippen LogP contribution is -2.52. The van der Waals surface area contributed by atoms with Gasteiger partial charge in [0.25, 0.3) is 11.5 Å². The molecule has 0 radical (unpaired) electrons. The number of aromatic nitrogens is 4. The average Bonchev–Trinajstić information content (AvgIpc) is 3.16. The average molecular weight is 383 g/mol. The van der Waals surface area contributed by atoms with E-state index in [-0.39, 0.29) is 17.4 Å². The Labute approximate surface area is 160 Å². The van der Waals surface area contributed by atoms with E-state index in [9.17, 15) is 9.59 Å². The summed E-state index contributed by atoms with van der Waals surface area (Å²) in [6.45, 7) is 7.67. The molecule has 3 aromatic heterocycles. The summed E-state index contributed by atoms with van der Waals surface area (Å²) in [5, 5.41) is 8.90. The van der Waals surface area contributed by atoms with Gasteiger partial charge in [-0.25, -0.2) is 9.36 Å². The molecule has 0 spiro atoms. The number of aryl methyl sites for hydroxylation is 3. The summed E-state index contributed by atoms with van der Waals surface area (Å²) in [4.78, 5) is 28.4. The van der Waals surface area contributed by atoms with Crippen molar-refractivity contribution in [2.24, 2.45) is 5.92 Å². The van der Waals surface area contributed by atoms with Crippen LogP contribution in [0.4, 0.5) is 0 Å². The summed E-state index contributed by atoms with van der Waals surface area (Å²) in [5.41, 5.74) is 1.74. The van der Waals surface area contributed by atoms with Crippen molar-refractivity contribution < 1.29 is 4.79 Å². The summed E-state index contributed by atoms with van der Waals surface area (Å²) in [7, 11) is 0. The van der Waals surface area contributed by atoms with Gasteiger partial charge in [-0.15, -0.1) is 16.4 Å². The maximum absolute atomic E-state index is 12.4. The van der Waals surface area contributed by atoms with E-state index in [1.165, 1.54) is 22.1 Å². The smallest absolute Gasteiger partial charge is 0.266 e. The molecule has 1 amide bonds. The lowest BCUT2D eigenvalue weighted by Gasteiger charge is -2.39. The summed E-state index contributed by atoms with van der Waals surface area (Å²) in [6.07, 6.45) is 0. The number of thiophene rings is 1. The minimum Gasteiger partial charge on any atom is -0.337 e. The van der Waals surface area contributed by atoms with Crippen molar-refractivity contribution in [1.29, 1.82) is 0 Å². The first-order chi connectivity index (χ1) is 12.9. The quantitative estimate of drug-likeness (QED) is 0.692. The van der Waals surface area contributed by atoms with Crippen molar-refractivity contribution in [2.45, 2.75) is 27.3 Å². The Kier molecular flexibility index (Phi) is 4.43. The maximum Gasteiger partial charge on any atom is 0.266 e. The predicted molar refractivity (Wildman–Crippen MR) is 104 cm³/mol. The molecule has 27 heavy (non-hydrogen) atoms. The van der Waals surface area contributed by atoms with Crippen molar-refractivity contribution in [2.75, 3.05) is 13.1 Å². The second kappa shape index (κ2) is 6.77. The SMILES string of the molecule is Cc1cc(C)n(-c2ccc(=O)n(CC3CN(C(=O)c4ccc(C)s4)C3)n2)n1. The molecule has 1 saturated heterocycles. The van der Waals surface area contributed by atoms with Crippen molar-refractivity contribution >= 4 is 17.2 Å². The van der Waals surface area contributed by atoms with Crippen LogP contribution >= 0.6 is 11.3 Å². The molecular formula is C19H21N5O2S. The molecule has 7 nitrogen and oxygen atoms in total. The zero-order chi connectivity index (χ0) is 19.1. The lowest BCUT2D eigenvalue weighted by atomic mass is 10.00. The Bertz CT molecular complexity index is 1060. The van der Waals surface area contributed by atoms with Crippen LogP contribution in [0, 0.1) is 26.7 Å². The zero-order valence-corrected chi connectivity index (χ0v) is 16.4. The number of likely N-dealkylation sites (tertiary alicyclic amines) is 1. The fraction of sp³-hybridized carbons (Fsp3) is 0.368. The van der Waals surface area contributed by atoms with Gasteiger partial charge in [-0.3, -0.25) is 9.59 Å². The van der Waals surface area contributed by atoms with Crippen molar-refractivity contribution in [3.8, 4) is 5.82 Å². The Hall–Kier alpha value is -2.74. The minimum atomic E-state index is -0.140. The van der Waals surface area contributed by atoms with Gasteiger partial charge >= 0.3 is 0 Å². The van der Waals surface area contributed by atoms with E-state index < -0.39 is 0 Å². The van der Waals surface area contributed by atoms with E-state index in [1.807, 2.05) is 43.9 Å². The van der Waals surface area contributed by atoms with Crippen molar-refractivity contribution in [1.82, 2.24) is 24.5 Å². The number of hydrogen-bond donors (Lipinski definition) is 0. The van der Waals surface area contributed by atoms with Crippen molar-refractivity contribution in [3.63, 3.8) is 0 Å². The van der Waals surface area contributed by atoms with E-state index in [0.717, 1.165) is 21.1 Å². The van der Waals surface area contributed by atoms with Crippen LogP contribution < -0.4 is 5.56 Å². The summed E-state index contributed by atoms with van der Waals surface area (Å²) < 4.78 is 3.22. The highest BCUT2D eigenvalue weighted by Gasteiger charge is 2.32. The Morgan fingerprint density at radius 1 is 1.15 bits per heavy atom. The van der Waals surface area contributed by atoms with Gasteiger partial charge in [0.05, 0.1) is 17.1 Å². The number of carbonyl (C=O) groups is 1. The van der Waals surface area contributed by atoms with Crippen LogP contribution in [0.3, 0.4) is 0 Å². The van der Waals surface area contributed by atoms with Gasteiger partial charge in [-0.2, -0.15) is 5.10 Å². The van der Waals surface area contributed by atoms with Crippen LogP contribution in [0.5, 0.6) is 0 Å². The standard InChI is InChI=1S/C19H21N5O2S/c1-12-8-13(2)24(20-12)17-6-7-18(25)23(21-17)11-15-9-22(10-15)19(26)16-5-4-14(3)27-16/h4-8,15H,9-11H2,1-3H3. The molecule has 0 N–H and O–H groups in total. The molecule has 8 heteroatoms. The molecule has 0 aromatic carbocycles. The van der Waals surface area contributed by atoms with Crippen LogP contribution in [-0.4, -0.2) is 43.5 Å². The van der Waals surface area contributed by atoms with Gasteiger partial charge in [-0.05, 0) is 45.0 Å². The van der Waals surface area contributed by atoms with Gasteiger partial charge in [0.1, 0.15) is 0 Å². The van der Waals surface area contributed by atoms with E-state index in [1.54, 1.807) is 10.7 Å². The summed E-state index contributed by atoms with van der Waals surface area (Å²) in [5.74, 6) is 0.929. The predicted octanol–water partition coefficient (Wildman–Crippen LogP) is 2.19. The highest BCUT2D eigenvalue weighted by Crippen LogP contribution is 2.23. The Balaban J connectivity index is 1.45. The molecule has 0 bridgehead atoms. The molecule has 1 aliphatic heterocycles. The third-order valence-corrected chi connectivity index (χ3v) is 5.69. The first-order valence-corrected chi connectivity index (χ1v) is 9.70. The second-order valence-electron chi connectivity index (χ2n) is 7.04. The second-order valence-corrected chi connectivity index (χ2v) is 8.33. The summed E-state index contributed by atoms with van der Waals surface area (Å²) >= 11 is 1.52. The number of hydrogen-bond acceptors (Lipinski definition) is 5. The van der Waals surface area contributed by atoms with E-state index in [0.29, 0.717) is 25.5 Å². The molecule has 0 atom stereocenters. The Morgan fingerprint density at radius 3 is 2.56 bits per heavy atom. The highest BCUT2D eigenvalue weighted by molar-refractivity contribution is 7.13. The monoisotopic (exact) mass is 383 g/mol. The largest absolute Gasteiger partial charge is 0.337 e. The normalized spacial score (nSPS) is 14.4. The fourth-order valence-electron chi connectivity index (χ4n) is 3.34.